The molecule has 1 aliphatic heterocycles. The van der Waals surface area contributed by atoms with E-state index in [2.05, 4.69) is 35.6 Å². The Labute approximate surface area is 121 Å². The zero-order chi connectivity index (χ0) is 13.4. The van der Waals surface area contributed by atoms with Crippen molar-refractivity contribution in [3.8, 4) is 5.75 Å². The molecule has 1 saturated heterocycles. The van der Waals surface area contributed by atoms with Crippen molar-refractivity contribution in [2.24, 2.45) is 5.92 Å². The van der Waals surface area contributed by atoms with Gasteiger partial charge in [0.1, 0.15) is 11.4 Å². The first-order valence-corrected chi connectivity index (χ1v) is 8.39. The smallest absolute Gasteiger partial charge is 0.129 e. The Morgan fingerprint density at radius 1 is 0.950 bits per heavy atom. The molecule has 1 heterocycles. The normalized spacial score (nSPS) is 37.2. The fourth-order valence-corrected chi connectivity index (χ4v) is 4.62. The minimum atomic E-state index is 0.0741. The van der Waals surface area contributed by atoms with Crippen molar-refractivity contribution >= 4 is 0 Å². The van der Waals surface area contributed by atoms with Gasteiger partial charge in [0.15, 0.2) is 0 Å². The first-order chi connectivity index (χ1) is 9.88. The van der Waals surface area contributed by atoms with Gasteiger partial charge >= 0.3 is 0 Å². The van der Waals surface area contributed by atoms with Crippen molar-refractivity contribution in [3.63, 3.8) is 0 Å². The highest BCUT2D eigenvalue weighted by atomic mass is 16.5. The second-order valence-electron chi connectivity index (χ2n) is 6.85. The van der Waals surface area contributed by atoms with Crippen LogP contribution in [-0.4, -0.2) is 17.7 Å². The highest BCUT2D eigenvalue weighted by molar-refractivity contribution is 5.26. The molecule has 3 atom stereocenters. The van der Waals surface area contributed by atoms with Crippen molar-refractivity contribution in [2.45, 2.75) is 69.1 Å². The molecule has 2 saturated carbocycles. The number of hydrogen-bond donors (Lipinski definition) is 1. The molecule has 2 heteroatoms. The number of rotatable bonds is 3. The standard InChI is InChI=1S/C18H25NO/c1-3-8-14(9-4-1)18(13-7-12-16-17(18)19-16)20-15-10-5-2-6-11-15/h2,5-6,10-11,14,16-17,19H,1,3-4,7-9,12-13H2. The van der Waals surface area contributed by atoms with E-state index < -0.39 is 0 Å². The third kappa shape index (κ3) is 2.14. The summed E-state index contributed by atoms with van der Waals surface area (Å²) in [5.41, 5.74) is 0.0741. The molecular weight excluding hydrogens is 246 g/mol. The van der Waals surface area contributed by atoms with Gasteiger partial charge in [-0.2, -0.15) is 0 Å². The van der Waals surface area contributed by atoms with Crippen LogP contribution in [0.25, 0.3) is 0 Å². The topological polar surface area (TPSA) is 31.2 Å². The molecule has 1 aromatic carbocycles. The number of hydrogen-bond acceptors (Lipinski definition) is 2. The van der Waals surface area contributed by atoms with E-state index in [0.717, 1.165) is 17.7 Å². The lowest BCUT2D eigenvalue weighted by Gasteiger charge is -2.44. The lowest BCUT2D eigenvalue weighted by Crippen LogP contribution is -2.52. The second-order valence-corrected chi connectivity index (χ2v) is 6.85. The summed E-state index contributed by atoms with van der Waals surface area (Å²) in [5, 5.41) is 3.71. The van der Waals surface area contributed by atoms with Crippen molar-refractivity contribution in [3.05, 3.63) is 30.3 Å². The fourth-order valence-electron chi connectivity index (χ4n) is 4.62. The first-order valence-electron chi connectivity index (χ1n) is 8.39. The zero-order valence-corrected chi connectivity index (χ0v) is 12.2. The molecule has 1 aromatic rings. The molecule has 0 aromatic heterocycles. The number of ether oxygens (including phenoxy) is 1. The van der Waals surface area contributed by atoms with Gasteiger partial charge in [-0.05, 0) is 44.2 Å². The summed E-state index contributed by atoms with van der Waals surface area (Å²) in [6.45, 7) is 0. The van der Waals surface area contributed by atoms with Crippen LogP contribution in [0.15, 0.2) is 30.3 Å². The van der Waals surface area contributed by atoms with Crippen LogP contribution in [0.2, 0.25) is 0 Å². The highest BCUT2D eigenvalue weighted by Gasteiger charge is 2.59. The summed E-state index contributed by atoms with van der Waals surface area (Å²) in [6, 6.07) is 11.8. The minimum Gasteiger partial charge on any atom is -0.485 e. The van der Waals surface area contributed by atoms with Gasteiger partial charge in [0.25, 0.3) is 0 Å². The van der Waals surface area contributed by atoms with E-state index in [1.165, 1.54) is 51.4 Å². The fraction of sp³-hybridized carbons (Fsp3) is 0.667. The van der Waals surface area contributed by atoms with Crippen LogP contribution in [0.5, 0.6) is 5.75 Å². The van der Waals surface area contributed by atoms with E-state index in [0.29, 0.717) is 6.04 Å². The third-order valence-corrected chi connectivity index (χ3v) is 5.64. The number of fused-ring (bicyclic) bond motifs is 1. The Kier molecular flexibility index (Phi) is 3.22. The lowest BCUT2D eigenvalue weighted by atomic mass is 9.69. The van der Waals surface area contributed by atoms with Crippen molar-refractivity contribution in [2.75, 3.05) is 0 Å². The summed E-state index contributed by atoms with van der Waals surface area (Å²) >= 11 is 0. The van der Waals surface area contributed by atoms with Gasteiger partial charge in [-0.1, -0.05) is 37.5 Å². The van der Waals surface area contributed by atoms with Gasteiger partial charge in [-0.3, -0.25) is 0 Å². The predicted molar refractivity (Wildman–Crippen MR) is 80.9 cm³/mol. The van der Waals surface area contributed by atoms with E-state index in [9.17, 15) is 0 Å². The van der Waals surface area contributed by atoms with Crippen molar-refractivity contribution in [1.29, 1.82) is 0 Å². The van der Waals surface area contributed by atoms with E-state index in [4.69, 9.17) is 4.74 Å². The zero-order valence-electron chi connectivity index (χ0n) is 12.2. The third-order valence-electron chi connectivity index (χ3n) is 5.64. The predicted octanol–water partition coefficient (Wildman–Crippen LogP) is 3.91. The van der Waals surface area contributed by atoms with Gasteiger partial charge in [0.2, 0.25) is 0 Å². The maximum atomic E-state index is 6.67. The van der Waals surface area contributed by atoms with Gasteiger partial charge in [0, 0.05) is 12.0 Å². The Balaban J connectivity index is 1.62. The Hall–Kier alpha value is -1.02. The number of benzene rings is 1. The SMILES string of the molecule is c1ccc(OC2(C3CCCCC3)CCCC3NC32)cc1. The quantitative estimate of drug-likeness (QED) is 0.845. The van der Waals surface area contributed by atoms with Crippen LogP contribution in [0.3, 0.4) is 0 Å². The Morgan fingerprint density at radius 2 is 1.75 bits per heavy atom. The van der Waals surface area contributed by atoms with Gasteiger partial charge in [-0.15, -0.1) is 0 Å². The lowest BCUT2D eigenvalue weighted by molar-refractivity contribution is -0.0276. The van der Waals surface area contributed by atoms with E-state index in [1.54, 1.807) is 0 Å². The van der Waals surface area contributed by atoms with E-state index >= 15 is 0 Å². The minimum absolute atomic E-state index is 0.0741. The molecule has 3 aliphatic rings. The average Bonchev–Trinajstić information content (AvgIpc) is 3.30. The number of nitrogens with one attached hydrogen (secondary N) is 1. The van der Waals surface area contributed by atoms with Crippen LogP contribution < -0.4 is 10.1 Å². The average molecular weight is 271 g/mol. The number of para-hydroxylation sites is 1. The molecule has 20 heavy (non-hydrogen) atoms. The van der Waals surface area contributed by atoms with Gasteiger partial charge < -0.3 is 10.1 Å². The molecule has 2 aliphatic carbocycles. The van der Waals surface area contributed by atoms with Crippen molar-refractivity contribution < 1.29 is 4.74 Å². The largest absolute Gasteiger partial charge is 0.485 e. The molecule has 2 nitrogen and oxygen atoms in total. The van der Waals surface area contributed by atoms with Crippen molar-refractivity contribution in [1.82, 2.24) is 5.32 Å². The summed E-state index contributed by atoms with van der Waals surface area (Å²) in [6.07, 6.45) is 10.8. The first kappa shape index (κ1) is 12.7. The molecule has 0 spiro atoms. The molecule has 3 fully saturated rings. The molecule has 1 N–H and O–H groups in total. The van der Waals surface area contributed by atoms with Crippen LogP contribution in [0, 0.1) is 5.92 Å². The molecular formula is C18H25NO. The molecule has 3 unspecified atom stereocenters. The second kappa shape index (κ2) is 5.07. The van der Waals surface area contributed by atoms with Crippen LogP contribution in [-0.2, 0) is 0 Å². The highest BCUT2D eigenvalue weighted by Crippen LogP contribution is 2.49. The van der Waals surface area contributed by atoms with Crippen LogP contribution in [0.1, 0.15) is 51.4 Å². The summed E-state index contributed by atoms with van der Waals surface area (Å²) in [7, 11) is 0. The monoisotopic (exact) mass is 271 g/mol. The maximum Gasteiger partial charge on any atom is 0.129 e. The molecule has 0 amide bonds. The van der Waals surface area contributed by atoms with Gasteiger partial charge in [0.05, 0.1) is 6.04 Å². The molecule has 4 rings (SSSR count). The maximum absolute atomic E-state index is 6.67. The molecule has 0 radical (unpaired) electrons. The van der Waals surface area contributed by atoms with Crippen LogP contribution >= 0.6 is 0 Å². The molecule has 108 valence electrons. The Morgan fingerprint density at radius 3 is 2.55 bits per heavy atom. The van der Waals surface area contributed by atoms with Gasteiger partial charge in [-0.25, -0.2) is 0 Å². The molecule has 0 bridgehead atoms. The summed E-state index contributed by atoms with van der Waals surface area (Å²) < 4.78 is 6.67. The summed E-state index contributed by atoms with van der Waals surface area (Å²) in [5.74, 6) is 1.81. The Bertz CT molecular complexity index is 454. The van der Waals surface area contributed by atoms with Crippen LogP contribution in [0.4, 0.5) is 0 Å². The summed E-state index contributed by atoms with van der Waals surface area (Å²) in [4.78, 5) is 0. The van der Waals surface area contributed by atoms with E-state index in [-0.39, 0.29) is 5.60 Å². The van der Waals surface area contributed by atoms with E-state index in [1.807, 2.05) is 0 Å².